The predicted molar refractivity (Wildman–Crippen MR) is 83.5 cm³/mol. The fourth-order valence-corrected chi connectivity index (χ4v) is 2.75. The van der Waals surface area contributed by atoms with Gasteiger partial charge in [-0.3, -0.25) is 4.79 Å². The number of halogens is 2. The Labute approximate surface area is 129 Å². The number of hydrogen-bond acceptors (Lipinski definition) is 2. The molecule has 0 aliphatic carbocycles. The molecule has 2 aromatic carbocycles. The summed E-state index contributed by atoms with van der Waals surface area (Å²) in [7, 11) is 0. The van der Waals surface area contributed by atoms with Crippen molar-refractivity contribution in [1.82, 2.24) is 0 Å². The van der Waals surface area contributed by atoms with Crippen molar-refractivity contribution < 1.29 is 9.21 Å². The second-order valence-electron chi connectivity index (χ2n) is 4.51. The molecule has 0 N–H and O–H groups in total. The van der Waals surface area contributed by atoms with E-state index in [1.165, 1.54) is 0 Å². The first-order valence-electron chi connectivity index (χ1n) is 6.06. The van der Waals surface area contributed by atoms with Crippen molar-refractivity contribution in [2.45, 2.75) is 6.92 Å². The Morgan fingerprint density at radius 3 is 2.70 bits per heavy atom. The fourth-order valence-electron chi connectivity index (χ4n) is 2.18. The van der Waals surface area contributed by atoms with Gasteiger partial charge in [0.15, 0.2) is 5.76 Å². The van der Waals surface area contributed by atoms with Gasteiger partial charge in [-0.25, -0.2) is 0 Å². The Morgan fingerprint density at radius 2 is 1.95 bits per heavy atom. The summed E-state index contributed by atoms with van der Waals surface area (Å²) in [6.45, 7) is 1.88. The molecule has 0 radical (unpaired) electrons. The molecule has 0 amide bonds. The number of carbonyl (C=O) groups excluding carboxylic acids is 1. The molecule has 0 saturated carbocycles. The third-order valence-electron chi connectivity index (χ3n) is 3.22. The molecule has 0 saturated heterocycles. The lowest BCUT2D eigenvalue weighted by atomic mass is 10.0. The lowest BCUT2D eigenvalue weighted by molar-refractivity contribution is 0.101. The molecule has 1 aromatic heterocycles. The molecule has 3 aromatic rings. The van der Waals surface area contributed by atoms with Crippen molar-refractivity contribution in [2.75, 3.05) is 0 Å². The van der Waals surface area contributed by atoms with Crippen LogP contribution in [0.4, 0.5) is 0 Å². The van der Waals surface area contributed by atoms with Crippen molar-refractivity contribution in [2.24, 2.45) is 0 Å². The van der Waals surface area contributed by atoms with Gasteiger partial charge in [0.1, 0.15) is 5.58 Å². The number of benzene rings is 2. The fraction of sp³-hybridized carbons (Fsp3) is 0.0625. The molecule has 4 heteroatoms. The predicted octanol–water partition coefficient (Wildman–Crippen LogP) is 5.39. The van der Waals surface area contributed by atoms with Gasteiger partial charge in [0.05, 0.1) is 5.02 Å². The molecule has 0 bridgehead atoms. The molecule has 0 unspecified atom stereocenters. The summed E-state index contributed by atoms with van der Waals surface area (Å²) in [5.74, 6) is 0.145. The van der Waals surface area contributed by atoms with Gasteiger partial charge >= 0.3 is 0 Å². The number of carbonyl (C=O) groups is 1. The van der Waals surface area contributed by atoms with Gasteiger partial charge < -0.3 is 4.42 Å². The van der Waals surface area contributed by atoms with Crippen LogP contribution in [0, 0.1) is 6.92 Å². The molecule has 0 aliphatic rings. The van der Waals surface area contributed by atoms with E-state index in [-0.39, 0.29) is 5.78 Å². The minimum absolute atomic E-state index is 0.194. The van der Waals surface area contributed by atoms with Crippen LogP contribution in [0.15, 0.2) is 51.4 Å². The number of rotatable bonds is 2. The second kappa shape index (κ2) is 5.08. The van der Waals surface area contributed by atoms with Gasteiger partial charge in [-0.1, -0.05) is 39.7 Å². The first-order valence-corrected chi connectivity index (χ1v) is 7.23. The number of furan rings is 1. The molecule has 0 aliphatic heterocycles. The minimum Gasteiger partial charge on any atom is -0.452 e. The molecule has 0 atom stereocenters. The minimum atomic E-state index is -0.194. The Hall–Kier alpha value is -1.58. The van der Waals surface area contributed by atoms with Crippen LogP contribution >= 0.6 is 27.5 Å². The molecular formula is C16H10BrClO2. The lowest BCUT2D eigenvalue weighted by Crippen LogP contribution is -2.02. The molecular weight excluding hydrogens is 340 g/mol. The zero-order valence-corrected chi connectivity index (χ0v) is 13.0. The van der Waals surface area contributed by atoms with Gasteiger partial charge in [0.25, 0.3) is 0 Å². The summed E-state index contributed by atoms with van der Waals surface area (Å²) in [6, 6.07) is 12.7. The van der Waals surface area contributed by atoms with Crippen molar-refractivity contribution in [1.29, 1.82) is 0 Å². The van der Waals surface area contributed by atoms with E-state index in [0.717, 1.165) is 15.4 Å². The van der Waals surface area contributed by atoms with E-state index in [2.05, 4.69) is 15.9 Å². The van der Waals surface area contributed by atoms with Gasteiger partial charge in [0.2, 0.25) is 5.78 Å². The van der Waals surface area contributed by atoms with Crippen molar-refractivity contribution >= 4 is 44.3 Å². The van der Waals surface area contributed by atoms with Crippen molar-refractivity contribution in [3.63, 3.8) is 0 Å². The standard InChI is InChI=1S/C16H10BrClO2/c1-9-11-7-6-10(17)8-14(11)20-16(9)15(19)12-4-2-3-5-13(12)18/h2-8H,1H3. The van der Waals surface area contributed by atoms with Crippen molar-refractivity contribution in [3.05, 3.63) is 68.8 Å². The third-order valence-corrected chi connectivity index (χ3v) is 4.05. The zero-order chi connectivity index (χ0) is 14.3. The van der Waals surface area contributed by atoms with E-state index in [1.54, 1.807) is 24.3 Å². The van der Waals surface area contributed by atoms with Crippen LogP contribution in [0.1, 0.15) is 21.7 Å². The smallest absolute Gasteiger partial charge is 0.229 e. The van der Waals surface area contributed by atoms with Crippen LogP contribution < -0.4 is 0 Å². The Balaban J connectivity index is 2.18. The first kappa shape index (κ1) is 13.4. The van der Waals surface area contributed by atoms with E-state index in [9.17, 15) is 4.79 Å². The average molecular weight is 350 g/mol. The van der Waals surface area contributed by atoms with E-state index >= 15 is 0 Å². The maximum absolute atomic E-state index is 12.6. The number of aryl methyl sites for hydroxylation is 1. The maximum Gasteiger partial charge on any atom is 0.229 e. The van der Waals surface area contributed by atoms with E-state index in [1.807, 2.05) is 25.1 Å². The topological polar surface area (TPSA) is 30.2 Å². The molecule has 20 heavy (non-hydrogen) atoms. The Bertz CT molecular complexity index is 820. The van der Waals surface area contributed by atoms with Crippen LogP contribution in [0.2, 0.25) is 5.02 Å². The highest BCUT2D eigenvalue weighted by Crippen LogP contribution is 2.30. The number of fused-ring (bicyclic) bond motifs is 1. The largest absolute Gasteiger partial charge is 0.452 e. The second-order valence-corrected chi connectivity index (χ2v) is 5.83. The molecule has 0 fully saturated rings. The normalized spacial score (nSPS) is 10.9. The summed E-state index contributed by atoms with van der Waals surface area (Å²) in [5, 5.41) is 1.36. The highest BCUT2D eigenvalue weighted by atomic mass is 79.9. The Kier molecular flexibility index (Phi) is 3.40. The quantitative estimate of drug-likeness (QED) is 0.581. The van der Waals surface area contributed by atoms with Gasteiger partial charge in [0, 0.05) is 21.0 Å². The summed E-state index contributed by atoms with van der Waals surface area (Å²) in [5.41, 5.74) is 1.97. The Morgan fingerprint density at radius 1 is 1.20 bits per heavy atom. The highest BCUT2D eigenvalue weighted by Gasteiger charge is 2.20. The summed E-state index contributed by atoms with van der Waals surface area (Å²) in [6.07, 6.45) is 0. The van der Waals surface area contributed by atoms with Crippen LogP contribution in [0.25, 0.3) is 11.0 Å². The van der Waals surface area contributed by atoms with Crippen molar-refractivity contribution in [3.8, 4) is 0 Å². The lowest BCUT2D eigenvalue weighted by Gasteiger charge is -2.01. The zero-order valence-electron chi connectivity index (χ0n) is 10.6. The van der Waals surface area contributed by atoms with Crippen LogP contribution in [0.5, 0.6) is 0 Å². The average Bonchev–Trinajstić information content (AvgIpc) is 2.75. The van der Waals surface area contributed by atoms with Crippen LogP contribution in [0.3, 0.4) is 0 Å². The molecule has 3 rings (SSSR count). The highest BCUT2D eigenvalue weighted by molar-refractivity contribution is 9.10. The van der Waals surface area contributed by atoms with E-state index < -0.39 is 0 Å². The molecule has 0 spiro atoms. The van der Waals surface area contributed by atoms with Gasteiger partial charge in [-0.15, -0.1) is 0 Å². The summed E-state index contributed by atoms with van der Waals surface area (Å²) >= 11 is 9.47. The van der Waals surface area contributed by atoms with Gasteiger partial charge in [-0.05, 0) is 37.3 Å². The number of hydrogen-bond donors (Lipinski definition) is 0. The maximum atomic E-state index is 12.6. The van der Waals surface area contributed by atoms with E-state index in [0.29, 0.717) is 21.9 Å². The molecule has 1 heterocycles. The molecule has 100 valence electrons. The SMILES string of the molecule is Cc1c(C(=O)c2ccccc2Cl)oc2cc(Br)ccc12. The first-order chi connectivity index (χ1) is 9.58. The summed E-state index contributed by atoms with van der Waals surface area (Å²) < 4.78 is 6.63. The van der Waals surface area contributed by atoms with Crippen LogP contribution in [-0.4, -0.2) is 5.78 Å². The van der Waals surface area contributed by atoms with Crippen LogP contribution in [-0.2, 0) is 0 Å². The summed E-state index contributed by atoms with van der Waals surface area (Å²) in [4.78, 5) is 12.6. The van der Waals surface area contributed by atoms with E-state index in [4.69, 9.17) is 16.0 Å². The monoisotopic (exact) mass is 348 g/mol. The third kappa shape index (κ3) is 2.17. The number of ketones is 1. The van der Waals surface area contributed by atoms with Gasteiger partial charge in [-0.2, -0.15) is 0 Å². The molecule has 2 nitrogen and oxygen atoms in total.